The van der Waals surface area contributed by atoms with Crippen LogP contribution in [0.5, 0.6) is 0 Å². The van der Waals surface area contributed by atoms with Crippen molar-refractivity contribution >= 4 is 15.6 Å². The Hall–Kier alpha value is -0.420. The summed E-state index contributed by atoms with van der Waals surface area (Å²) in [5.41, 5.74) is 0.0212. The van der Waals surface area contributed by atoms with E-state index in [1.54, 1.807) is 0 Å². The number of rotatable bonds is 3. The van der Waals surface area contributed by atoms with Crippen molar-refractivity contribution in [1.29, 1.82) is 0 Å². The van der Waals surface area contributed by atoms with Gasteiger partial charge in [0.1, 0.15) is 5.78 Å². The Labute approximate surface area is 121 Å². The van der Waals surface area contributed by atoms with Gasteiger partial charge in [0.2, 0.25) is 0 Å². The minimum Gasteiger partial charge on any atom is -0.298 e. The highest BCUT2D eigenvalue weighted by molar-refractivity contribution is 7.92. The van der Waals surface area contributed by atoms with E-state index in [-0.39, 0.29) is 22.3 Å². The smallest absolute Gasteiger partial charge is 0.151 e. The summed E-state index contributed by atoms with van der Waals surface area (Å²) in [4.78, 5) is 14.5. The zero-order valence-electron chi connectivity index (χ0n) is 12.9. The van der Waals surface area contributed by atoms with Gasteiger partial charge in [0.25, 0.3) is 0 Å². The van der Waals surface area contributed by atoms with Crippen molar-refractivity contribution in [2.75, 3.05) is 24.6 Å². The van der Waals surface area contributed by atoms with Crippen molar-refractivity contribution in [3.8, 4) is 0 Å². The quantitative estimate of drug-likeness (QED) is 0.792. The topological polar surface area (TPSA) is 54.5 Å². The van der Waals surface area contributed by atoms with Crippen molar-refractivity contribution in [3.05, 3.63) is 0 Å². The van der Waals surface area contributed by atoms with Gasteiger partial charge >= 0.3 is 0 Å². The van der Waals surface area contributed by atoms with Crippen LogP contribution in [0.2, 0.25) is 0 Å². The molecule has 20 heavy (non-hydrogen) atoms. The first kappa shape index (κ1) is 14.5. The third-order valence-electron chi connectivity index (χ3n) is 6.76. The molecule has 4 nitrogen and oxygen atoms in total. The minimum absolute atomic E-state index is 0.00644. The Morgan fingerprint density at radius 3 is 2.25 bits per heavy atom. The van der Waals surface area contributed by atoms with Gasteiger partial charge in [-0.2, -0.15) is 0 Å². The lowest BCUT2D eigenvalue weighted by Gasteiger charge is -2.31. The fourth-order valence-electron chi connectivity index (χ4n) is 5.27. The number of ketones is 1. The molecule has 2 saturated heterocycles. The SMILES string of the molecule is CCC(=O)[C@@H]1CC2(CN1CC)C(C)(C)C21CS(=O)(=O)C1. The standard InChI is InChI=1S/C15H25NO3S/c1-5-12(17)11-7-14(8-16(11)6-2)13(3,4)15(14)9-20(18,19)10-15/h11H,5-10H2,1-4H3/t11-,14?/m0/s1. The van der Waals surface area contributed by atoms with Crippen LogP contribution >= 0.6 is 0 Å². The second-order valence-corrected chi connectivity index (χ2v) is 9.49. The van der Waals surface area contributed by atoms with Crippen LogP contribution in [-0.4, -0.2) is 49.7 Å². The molecule has 2 spiro atoms. The maximum absolute atomic E-state index is 12.2. The molecular weight excluding hydrogens is 274 g/mol. The molecule has 1 aliphatic carbocycles. The van der Waals surface area contributed by atoms with Crippen LogP contribution in [0.4, 0.5) is 0 Å². The van der Waals surface area contributed by atoms with Crippen LogP contribution in [0, 0.1) is 16.2 Å². The third-order valence-corrected chi connectivity index (χ3v) is 8.63. The molecule has 0 aromatic heterocycles. The molecule has 0 aromatic rings. The van der Waals surface area contributed by atoms with E-state index >= 15 is 0 Å². The van der Waals surface area contributed by atoms with Gasteiger partial charge in [0.15, 0.2) is 9.84 Å². The van der Waals surface area contributed by atoms with Gasteiger partial charge in [-0.25, -0.2) is 8.42 Å². The zero-order chi connectivity index (χ0) is 15.0. The second-order valence-electron chi connectivity index (χ2n) is 7.42. The van der Waals surface area contributed by atoms with Gasteiger partial charge in [0.05, 0.1) is 17.5 Å². The first-order valence-electron chi connectivity index (χ1n) is 7.63. The Bertz CT molecular complexity index is 554. The normalized spacial score (nSPS) is 39.9. The van der Waals surface area contributed by atoms with E-state index in [0.717, 1.165) is 19.5 Å². The first-order valence-corrected chi connectivity index (χ1v) is 9.46. The van der Waals surface area contributed by atoms with Gasteiger partial charge in [-0.15, -0.1) is 0 Å². The minimum atomic E-state index is -2.83. The van der Waals surface area contributed by atoms with E-state index in [2.05, 4.69) is 25.7 Å². The number of hydrogen-bond acceptors (Lipinski definition) is 4. The van der Waals surface area contributed by atoms with Gasteiger partial charge in [-0.1, -0.05) is 27.7 Å². The summed E-state index contributed by atoms with van der Waals surface area (Å²) in [5, 5.41) is 0. The number of hydrogen-bond donors (Lipinski definition) is 0. The fraction of sp³-hybridized carbons (Fsp3) is 0.933. The van der Waals surface area contributed by atoms with Crippen LogP contribution in [0.15, 0.2) is 0 Å². The maximum Gasteiger partial charge on any atom is 0.151 e. The molecule has 0 radical (unpaired) electrons. The summed E-state index contributed by atoms with van der Waals surface area (Å²) in [6, 6.07) is 0.00644. The molecule has 5 heteroatoms. The van der Waals surface area contributed by atoms with Gasteiger partial charge in [-0.3, -0.25) is 9.69 Å². The van der Waals surface area contributed by atoms with E-state index < -0.39 is 9.84 Å². The molecule has 0 N–H and O–H groups in total. The number of sulfone groups is 1. The van der Waals surface area contributed by atoms with Crippen molar-refractivity contribution in [1.82, 2.24) is 4.90 Å². The summed E-state index contributed by atoms with van der Waals surface area (Å²) in [5.74, 6) is 0.971. The van der Waals surface area contributed by atoms with E-state index in [1.165, 1.54) is 0 Å². The average Bonchev–Trinajstić information content (AvgIpc) is 2.69. The van der Waals surface area contributed by atoms with Crippen molar-refractivity contribution in [2.24, 2.45) is 16.2 Å². The van der Waals surface area contributed by atoms with Crippen molar-refractivity contribution < 1.29 is 13.2 Å². The molecule has 0 bridgehead atoms. The molecular formula is C15H25NO3S. The molecule has 3 fully saturated rings. The second kappa shape index (κ2) is 3.86. The van der Waals surface area contributed by atoms with Crippen LogP contribution in [0.3, 0.4) is 0 Å². The first-order chi connectivity index (χ1) is 9.16. The monoisotopic (exact) mass is 299 g/mol. The molecule has 2 aliphatic heterocycles. The predicted molar refractivity (Wildman–Crippen MR) is 78.3 cm³/mol. The Kier molecular flexibility index (Phi) is 2.80. The Balaban J connectivity index is 1.91. The lowest BCUT2D eigenvalue weighted by Crippen LogP contribution is -2.44. The Morgan fingerprint density at radius 1 is 1.20 bits per heavy atom. The van der Waals surface area contributed by atoms with Crippen LogP contribution < -0.4 is 0 Å². The molecule has 2 atom stereocenters. The molecule has 1 saturated carbocycles. The maximum atomic E-state index is 12.2. The number of nitrogens with zero attached hydrogens (tertiary/aromatic N) is 1. The summed E-state index contributed by atoms with van der Waals surface area (Å²) in [6.07, 6.45) is 1.43. The molecule has 0 amide bonds. The fourth-order valence-corrected chi connectivity index (χ4v) is 7.96. The van der Waals surface area contributed by atoms with Gasteiger partial charge in [0, 0.05) is 18.4 Å². The highest BCUT2D eigenvalue weighted by atomic mass is 32.2. The Morgan fingerprint density at radius 2 is 1.80 bits per heavy atom. The number of Topliss-reactive ketones (excluding diaryl/α,β-unsaturated/α-hetero) is 1. The summed E-state index contributed by atoms with van der Waals surface area (Å²) in [7, 11) is -2.83. The molecule has 2 heterocycles. The predicted octanol–water partition coefficient (Wildman–Crippen LogP) is 1.50. The number of likely N-dealkylation sites (tertiary alicyclic amines) is 1. The van der Waals surface area contributed by atoms with Gasteiger partial charge in [-0.05, 0) is 23.8 Å². The highest BCUT2D eigenvalue weighted by Crippen LogP contribution is 2.85. The van der Waals surface area contributed by atoms with Crippen LogP contribution in [-0.2, 0) is 14.6 Å². The zero-order valence-corrected chi connectivity index (χ0v) is 13.7. The molecule has 0 aromatic carbocycles. The number of fused-ring (bicyclic) bond motifs is 1. The van der Waals surface area contributed by atoms with E-state index in [0.29, 0.717) is 23.7 Å². The molecule has 3 rings (SSSR count). The van der Waals surface area contributed by atoms with Crippen LogP contribution in [0.25, 0.3) is 0 Å². The van der Waals surface area contributed by atoms with Gasteiger partial charge < -0.3 is 0 Å². The number of likely N-dealkylation sites (N-methyl/N-ethyl adjacent to an activating group) is 1. The molecule has 1 unspecified atom stereocenters. The average molecular weight is 299 g/mol. The van der Waals surface area contributed by atoms with Crippen LogP contribution in [0.1, 0.15) is 40.5 Å². The van der Waals surface area contributed by atoms with E-state index in [4.69, 9.17) is 0 Å². The highest BCUT2D eigenvalue weighted by Gasteiger charge is 2.88. The molecule has 114 valence electrons. The lowest BCUT2D eigenvalue weighted by atomic mass is 9.90. The summed E-state index contributed by atoms with van der Waals surface area (Å²) in [6.45, 7) is 10.2. The summed E-state index contributed by atoms with van der Waals surface area (Å²) < 4.78 is 23.4. The van der Waals surface area contributed by atoms with E-state index in [1.807, 2.05) is 6.92 Å². The lowest BCUT2D eigenvalue weighted by molar-refractivity contribution is -0.123. The van der Waals surface area contributed by atoms with E-state index in [9.17, 15) is 13.2 Å². The van der Waals surface area contributed by atoms with Crippen molar-refractivity contribution in [3.63, 3.8) is 0 Å². The number of carbonyl (C=O) groups excluding carboxylic acids is 1. The summed E-state index contributed by atoms with van der Waals surface area (Å²) >= 11 is 0. The largest absolute Gasteiger partial charge is 0.298 e. The number of carbonyl (C=O) groups is 1. The third kappa shape index (κ3) is 1.41. The molecule has 3 aliphatic rings. The van der Waals surface area contributed by atoms with Crippen molar-refractivity contribution in [2.45, 2.75) is 46.6 Å².